The largest absolute Gasteiger partial charge is 0.382 e. The molecule has 4 aromatic heterocycles. The van der Waals surface area contributed by atoms with Crippen LogP contribution in [0.25, 0.3) is 22.6 Å². The summed E-state index contributed by atoms with van der Waals surface area (Å²) in [5.74, 6) is -1.03. The molecule has 0 aromatic carbocycles. The molecule has 0 aliphatic carbocycles. The summed E-state index contributed by atoms with van der Waals surface area (Å²) in [5.41, 5.74) is 2.22. The van der Waals surface area contributed by atoms with Crippen molar-refractivity contribution in [1.82, 2.24) is 24.7 Å². The lowest BCUT2D eigenvalue weighted by atomic mass is 10.1. The van der Waals surface area contributed by atoms with E-state index in [4.69, 9.17) is 9.47 Å². The second kappa shape index (κ2) is 11.2. The summed E-state index contributed by atoms with van der Waals surface area (Å²) >= 11 is 0. The molecule has 10 heteroatoms. The molecule has 174 valence electrons. The highest BCUT2D eigenvalue weighted by atomic mass is 19.1. The average molecular weight is 462 g/mol. The van der Waals surface area contributed by atoms with Crippen LogP contribution in [0.3, 0.4) is 0 Å². The third-order valence-corrected chi connectivity index (χ3v) is 4.85. The number of aromatic nitrogens is 5. The minimum absolute atomic E-state index is 0.0656. The standard InChI is InChI=1S/C24H23FN6O3/c1-33-14-15-34-13-12-31-16-21(23(30-31)19-4-2-3-9-27-19)29-24(32)20-6-5-18(25)22(28-20)17-7-10-26-11-8-17/h2-11,16H,12-15H2,1H3,(H,29,32). The van der Waals surface area contributed by atoms with Crippen molar-refractivity contribution >= 4 is 11.6 Å². The fraction of sp³-hybridized carbons (Fsp3) is 0.208. The molecule has 0 unspecified atom stereocenters. The first-order chi connectivity index (χ1) is 16.7. The van der Waals surface area contributed by atoms with Gasteiger partial charge in [-0.1, -0.05) is 6.07 Å². The number of halogens is 1. The van der Waals surface area contributed by atoms with Crippen LogP contribution in [-0.2, 0) is 16.0 Å². The summed E-state index contributed by atoms with van der Waals surface area (Å²) in [5, 5.41) is 7.40. The Kier molecular flexibility index (Phi) is 7.63. The number of hydrogen-bond donors (Lipinski definition) is 1. The van der Waals surface area contributed by atoms with E-state index in [0.717, 1.165) is 0 Å². The van der Waals surface area contributed by atoms with Gasteiger partial charge in [-0.25, -0.2) is 9.37 Å². The monoisotopic (exact) mass is 462 g/mol. The first-order valence-electron chi connectivity index (χ1n) is 10.6. The molecule has 1 amide bonds. The van der Waals surface area contributed by atoms with E-state index in [9.17, 15) is 9.18 Å². The molecule has 0 bridgehead atoms. The fourth-order valence-corrected chi connectivity index (χ4v) is 3.19. The minimum atomic E-state index is -0.529. The quantitative estimate of drug-likeness (QED) is 0.360. The van der Waals surface area contributed by atoms with Crippen LogP contribution in [0.4, 0.5) is 10.1 Å². The number of hydrogen-bond acceptors (Lipinski definition) is 7. The average Bonchev–Trinajstić information content (AvgIpc) is 3.27. The molecule has 0 atom stereocenters. The van der Waals surface area contributed by atoms with Crippen LogP contribution in [0.2, 0.25) is 0 Å². The summed E-state index contributed by atoms with van der Waals surface area (Å²) in [6, 6.07) is 11.3. The van der Waals surface area contributed by atoms with Crippen molar-refractivity contribution in [2.75, 3.05) is 32.2 Å². The highest BCUT2D eigenvalue weighted by molar-refractivity contribution is 6.04. The van der Waals surface area contributed by atoms with Gasteiger partial charge < -0.3 is 14.8 Å². The predicted octanol–water partition coefficient (Wildman–Crippen LogP) is 3.46. The Morgan fingerprint density at radius 1 is 1.03 bits per heavy atom. The van der Waals surface area contributed by atoms with Crippen molar-refractivity contribution in [2.24, 2.45) is 0 Å². The maximum absolute atomic E-state index is 14.4. The first kappa shape index (κ1) is 23.1. The normalized spacial score (nSPS) is 10.9. The number of nitrogens with one attached hydrogen (secondary N) is 1. The molecule has 9 nitrogen and oxygen atoms in total. The van der Waals surface area contributed by atoms with Gasteiger partial charge in [0.25, 0.3) is 5.91 Å². The summed E-state index contributed by atoms with van der Waals surface area (Å²) < 4.78 is 26.5. The summed E-state index contributed by atoms with van der Waals surface area (Å²) in [6.07, 6.45) is 6.43. The fourth-order valence-electron chi connectivity index (χ4n) is 3.19. The number of pyridine rings is 3. The van der Waals surface area contributed by atoms with Crippen LogP contribution >= 0.6 is 0 Å². The second-order valence-corrected chi connectivity index (χ2v) is 7.19. The summed E-state index contributed by atoms with van der Waals surface area (Å²) in [6.45, 7) is 1.88. The topological polar surface area (TPSA) is 104 Å². The zero-order chi connectivity index (χ0) is 23.8. The van der Waals surface area contributed by atoms with Crippen molar-refractivity contribution in [3.05, 3.63) is 78.8 Å². The van der Waals surface area contributed by atoms with Crippen LogP contribution in [0.1, 0.15) is 10.5 Å². The van der Waals surface area contributed by atoms with Crippen LogP contribution in [0, 0.1) is 5.82 Å². The lowest BCUT2D eigenvalue weighted by molar-refractivity contribution is 0.0654. The Bertz CT molecular complexity index is 1230. The number of anilines is 1. The number of nitrogens with zero attached hydrogens (tertiary/aromatic N) is 5. The molecule has 0 aliphatic rings. The van der Waals surface area contributed by atoms with Gasteiger partial charge in [0.1, 0.15) is 22.9 Å². The minimum Gasteiger partial charge on any atom is -0.382 e. The Balaban J connectivity index is 1.57. The van der Waals surface area contributed by atoms with Crippen molar-refractivity contribution in [2.45, 2.75) is 6.54 Å². The van der Waals surface area contributed by atoms with Crippen LogP contribution in [0.15, 0.2) is 67.3 Å². The Hall–Kier alpha value is -4.02. The van der Waals surface area contributed by atoms with Gasteiger partial charge in [-0.05, 0) is 36.4 Å². The zero-order valence-corrected chi connectivity index (χ0v) is 18.5. The van der Waals surface area contributed by atoms with Gasteiger partial charge in [-0.2, -0.15) is 5.10 Å². The number of amides is 1. The molecule has 4 rings (SSSR count). The summed E-state index contributed by atoms with van der Waals surface area (Å²) in [4.78, 5) is 25.5. The molecule has 4 aromatic rings. The number of carbonyl (C=O) groups excluding carboxylic acids is 1. The van der Waals surface area contributed by atoms with Gasteiger partial charge in [-0.15, -0.1) is 0 Å². The summed E-state index contributed by atoms with van der Waals surface area (Å²) in [7, 11) is 1.61. The Morgan fingerprint density at radius 2 is 1.88 bits per heavy atom. The molecule has 0 saturated carbocycles. The molecule has 4 heterocycles. The van der Waals surface area contributed by atoms with Gasteiger partial charge in [0.05, 0.1) is 37.7 Å². The number of carbonyl (C=O) groups is 1. The first-order valence-corrected chi connectivity index (χ1v) is 10.6. The maximum Gasteiger partial charge on any atom is 0.274 e. The molecule has 1 N–H and O–H groups in total. The smallest absolute Gasteiger partial charge is 0.274 e. The predicted molar refractivity (Wildman–Crippen MR) is 124 cm³/mol. The highest BCUT2D eigenvalue weighted by Gasteiger charge is 2.18. The number of methoxy groups -OCH3 is 1. The van der Waals surface area contributed by atoms with E-state index < -0.39 is 11.7 Å². The number of rotatable bonds is 10. The van der Waals surface area contributed by atoms with Gasteiger partial charge in [0.15, 0.2) is 0 Å². The van der Waals surface area contributed by atoms with Gasteiger partial charge in [0, 0.05) is 37.5 Å². The third kappa shape index (κ3) is 5.66. The van der Waals surface area contributed by atoms with Crippen molar-refractivity contribution < 1.29 is 18.7 Å². The van der Waals surface area contributed by atoms with Crippen LogP contribution < -0.4 is 5.32 Å². The molecule has 0 spiro atoms. The molecule has 0 aliphatic heterocycles. The lowest BCUT2D eigenvalue weighted by Crippen LogP contribution is -2.14. The molecule has 0 saturated heterocycles. The van der Waals surface area contributed by atoms with E-state index >= 15 is 0 Å². The van der Waals surface area contributed by atoms with E-state index in [1.807, 2.05) is 6.07 Å². The molecule has 34 heavy (non-hydrogen) atoms. The number of ether oxygens (including phenoxy) is 2. The van der Waals surface area contributed by atoms with Gasteiger partial charge in [-0.3, -0.25) is 19.4 Å². The SMILES string of the molecule is COCCOCCn1cc(NC(=O)c2ccc(F)c(-c3ccncc3)n2)c(-c2ccccn2)n1. The van der Waals surface area contributed by atoms with Crippen molar-refractivity contribution in [1.29, 1.82) is 0 Å². The maximum atomic E-state index is 14.4. The molecular formula is C24H23FN6O3. The Morgan fingerprint density at radius 3 is 2.65 bits per heavy atom. The molecular weight excluding hydrogens is 439 g/mol. The third-order valence-electron chi connectivity index (χ3n) is 4.85. The molecule has 0 radical (unpaired) electrons. The van der Waals surface area contributed by atoms with Crippen molar-refractivity contribution in [3.63, 3.8) is 0 Å². The van der Waals surface area contributed by atoms with E-state index in [2.05, 4.69) is 25.4 Å². The Labute approximate surface area is 195 Å². The lowest BCUT2D eigenvalue weighted by Gasteiger charge is -2.07. The van der Waals surface area contributed by atoms with Crippen molar-refractivity contribution in [3.8, 4) is 22.6 Å². The van der Waals surface area contributed by atoms with Gasteiger partial charge in [0.2, 0.25) is 0 Å². The van der Waals surface area contributed by atoms with Crippen LogP contribution in [0.5, 0.6) is 0 Å². The van der Waals surface area contributed by atoms with E-state index in [-0.39, 0.29) is 11.4 Å². The second-order valence-electron chi connectivity index (χ2n) is 7.19. The van der Waals surface area contributed by atoms with Crippen LogP contribution in [-0.4, -0.2) is 57.6 Å². The van der Waals surface area contributed by atoms with E-state index in [1.165, 1.54) is 24.5 Å². The highest BCUT2D eigenvalue weighted by Crippen LogP contribution is 2.26. The van der Waals surface area contributed by atoms with E-state index in [1.54, 1.807) is 48.5 Å². The van der Waals surface area contributed by atoms with E-state index in [0.29, 0.717) is 49.0 Å². The van der Waals surface area contributed by atoms with Gasteiger partial charge >= 0.3 is 0 Å². The molecule has 0 fully saturated rings. The zero-order valence-electron chi connectivity index (χ0n) is 18.5.